The molecule has 0 unspecified atom stereocenters. The maximum atomic E-state index is 6.73. The van der Waals surface area contributed by atoms with Crippen LogP contribution in [0.5, 0.6) is 11.5 Å². The third-order valence-corrected chi connectivity index (χ3v) is 12.7. The molecule has 8 aromatic rings. The standard InChI is InChI=1S/C59H59N4O.Pt/c1-56(2,3)42-29-30-60-55(35-42)63-52-28-25-43(59(10,11)41-21-16-13-17-22-41)34-51(52)50-27-26-49(37-53(50)63)64-48-24-18-23-46(36-48)62-39-61(38-54(62)40-19-14-12-15-20-40)47-32-44(57(4,5)6)31-45(33-47)58(7,8)9;/h12-35,38-39H,1-11H3;/q-3;. The van der Waals surface area contributed by atoms with Crippen molar-refractivity contribution in [3.05, 3.63) is 204 Å². The average molecular weight is 1040 g/mol. The van der Waals surface area contributed by atoms with E-state index in [4.69, 9.17) is 9.72 Å². The first-order chi connectivity index (χ1) is 30.3. The largest absolute Gasteiger partial charge is 0.509 e. The van der Waals surface area contributed by atoms with E-state index in [1.165, 1.54) is 27.8 Å². The van der Waals surface area contributed by atoms with Crippen LogP contribution in [0.15, 0.2) is 152 Å². The van der Waals surface area contributed by atoms with Crippen LogP contribution in [-0.4, -0.2) is 9.55 Å². The number of rotatable bonds is 8. The van der Waals surface area contributed by atoms with Crippen molar-refractivity contribution in [1.29, 1.82) is 0 Å². The molecule has 1 aliphatic rings. The van der Waals surface area contributed by atoms with Crippen LogP contribution >= 0.6 is 0 Å². The van der Waals surface area contributed by atoms with Gasteiger partial charge in [0.25, 0.3) is 0 Å². The fourth-order valence-corrected chi connectivity index (χ4v) is 8.59. The van der Waals surface area contributed by atoms with E-state index in [9.17, 15) is 0 Å². The molecule has 1 aliphatic heterocycles. The summed E-state index contributed by atoms with van der Waals surface area (Å²) in [6.45, 7) is 27.2. The zero-order valence-electron chi connectivity index (χ0n) is 39.5. The first-order valence-electron chi connectivity index (χ1n) is 22.4. The zero-order valence-corrected chi connectivity index (χ0v) is 41.8. The Bertz CT molecular complexity index is 3000. The number of pyridine rings is 1. The van der Waals surface area contributed by atoms with E-state index in [0.717, 1.165) is 50.3 Å². The van der Waals surface area contributed by atoms with Crippen LogP contribution in [0, 0.1) is 18.8 Å². The van der Waals surface area contributed by atoms with Crippen LogP contribution in [0.3, 0.4) is 0 Å². The van der Waals surface area contributed by atoms with Crippen molar-refractivity contribution in [2.24, 2.45) is 0 Å². The second-order valence-corrected chi connectivity index (χ2v) is 20.8. The van der Waals surface area contributed by atoms with E-state index >= 15 is 0 Å². The van der Waals surface area contributed by atoms with Crippen molar-refractivity contribution in [2.45, 2.75) is 97.8 Å². The monoisotopic (exact) mass is 1030 g/mol. The molecule has 0 atom stereocenters. The topological polar surface area (TPSA) is 33.5 Å². The van der Waals surface area contributed by atoms with Crippen molar-refractivity contribution in [2.75, 3.05) is 9.80 Å². The first kappa shape index (κ1) is 45.7. The van der Waals surface area contributed by atoms with E-state index in [1.807, 2.05) is 24.4 Å². The van der Waals surface area contributed by atoms with Gasteiger partial charge in [-0.1, -0.05) is 161 Å². The van der Waals surface area contributed by atoms with Crippen LogP contribution in [0.2, 0.25) is 0 Å². The molecule has 6 heteroatoms. The molecule has 2 aromatic heterocycles. The van der Waals surface area contributed by atoms with Crippen molar-refractivity contribution < 1.29 is 25.8 Å². The molecule has 0 saturated heterocycles. The van der Waals surface area contributed by atoms with Gasteiger partial charge in [0, 0.05) is 61.1 Å². The smallest absolute Gasteiger partial charge is 0.135 e. The Morgan fingerprint density at radius 2 is 1.18 bits per heavy atom. The minimum absolute atomic E-state index is 0. The number of anilines is 2. The number of nitrogens with zero attached hydrogens (tertiary/aromatic N) is 4. The Hall–Kier alpha value is -5.90. The molecule has 0 N–H and O–H groups in total. The summed E-state index contributed by atoms with van der Waals surface area (Å²) in [5.41, 5.74) is 12.2. The van der Waals surface area contributed by atoms with Gasteiger partial charge in [0.05, 0.1) is 0 Å². The second-order valence-electron chi connectivity index (χ2n) is 20.8. The van der Waals surface area contributed by atoms with Gasteiger partial charge >= 0.3 is 0 Å². The molecule has 3 heterocycles. The summed E-state index contributed by atoms with van der Waals surface area (Å²) in [7, 11) is 0. The Labute approximate surface area is 401 Å². The Kier molecular flexibility index (Phi) is 12.0. The van der Waals surface area contributed by atoms with E-state index in [1.54, 1.807) is 0 Å². The summed E-state index contributed by atoms with van der Waals surface area (Å²) < 4.78 is 8.96. The quantitative estimate of drug-likeness (QED) is 0.142. The fraction of sp³-hybridized carbons (Fsp3) is 0.254. The predicted molar refractivity (Wildman–Crippen MR) is 268 cm³/mol. The summed E-state index contributed by atoms with van der Waals surface area (Å²) in [6.07, 6.45) is 4.14. The Morgan fingerprint density at radius 1 is 0.538 bits per heavy atom. The van der Waals surface area contributed by atoms with Gasteiger partial charge in [-0.15, -0.1) is 48.1 Å². The van der Waals surface area contributed by atoms with Gasteiger partial charge in [0.15, 0.2) is 0 Å². The number of benzene rings is 6. The molecular weight excluding hydrogens is 976 g/mol. The van der Waals surface area contributed by atoms with Crippen LogP contribution in [-0.2, 0) is 42.7 Å². The number of aromatic nitrogens is 2. The number of fused-ring (bicyclic) bond motifs is 3. The Balaban J connectivity index is 0.00000576. The average Bonchev–Trinajstić information content (AvgIpc) is 3.86. The molecule has 0 fully saturated rings. The van der Waals surface area contributed by atoms with E-state index in [0.29, 0.717) is 11.5 Å². The molecule has 0 aliphatic carbocycles. The molecule has 0 saturated carbocycles. The minimum atomic E-state index is -0.201. The minimum Gasteiger partial charge on any atom is -0.509 e. The summed E-state index contributed by atoms with van der Waals surface area (Å²) in [5, 5.41) is 2.23. The molecule has 0 amide bonds. The molecule has 65 heavy (non-hydrogen) atoms. The first-order valence-corrected chi connectivity index (χ1v) is 22.4. The van der Waals surface area contributed by atoms with Crippen LogP contribution in [0.1, 0.15) is 110 Å². The molecule has 334 valence electrons. The van der Waals surface area contributed by atoms with Gasteiger partial charge in [-0.3, -0.25) is 0 Å². The SMILES string of the molecule is CC(C)(C)c1cc(N2C=C(c3ccccc3)N(c3[c-]c(Oc4[c-]c5c(cc4)c4cc(C(C)(C)c6ccccc6)ccc4n5-c4cc(C(C)(C)C)ccn4)ccc3)[CH-]2)cc(C(C)(C)C)c1.[Pt]. The third kappa shape index (κ3) is 9.05. The van der Waals surface area contributed by atoms with Crippen LogP contribution in [0.25, 0.3) is 33.3 Å². The van der Waals surface area contributed by atoms with E-state index in [2.05, 4.69) is 237 Å². The molecule has 0 radical (unpaired) electrons. The second kappa shape index (κ2) is 17.1. The molecular formula is C59H59N4OPt-3. The summed E-state index contributed by atoms with van der Waals surface area (Å²) in [5.74, 6) is 2.04. The van der Waals surface area contributed by atoms with Crippen molar-refractivity contribution in [3.63, 3.8) is 0 Å². The summed E-state index contributed by atoms with van der Waals surface area (Å²) >= 11 is 0. The molecule has 0 spiro atoms. The normalized spacial score (nSPS) is 13.6. The zero-order chi connectivity index (χ0) is 45.2. The predicted octanol–water partition coefficient (Wildman–Crippen LogP) is 15.2. The molecule has 9 rings (SSSR count). The van der Waals surface area contributed by atoms with Crippen LogP contribution < -0.4 is 14.5 Å². The van der Waals surface area contributed by atoms with Gasteiger partial charge < -0.3 is 19.1 Å². The van der Waals surface area contributed by atoms with E-state index in [-0.39, 0.29) is 42.7 Å². The van der Waals surface area contributed by atoms with Crippen molar-refractivity contribution in [1.82, 2.24) is 9.55 Å². The molecule has 0 bridgehead atoms. The van der Waals surface area contributed by atoms with Crippen LogP contribution in [0.4, 0.5) is 11.4 Å². The maximum Gasteiger partial charge on any atom is 0.135 e. The van der Waals surface area contributed by atoms with Crippen molar-refractivity contribution in [3.8, 4) is 17.3 Å². The van der Waals surface area contributed by atoms with Gasteiger partial charge in [-0.2, -0.15) is 12.1 Å². The number of hydrogen-bond acceptors (Lipinski definition) is 4. The maximum absolute atomic E-state index is 6.73. The Morgan fingerprint density at radius 3 is 1.85 bits per heavy atom. The third-order valence-electron chi connectivity index (χ3n) is 12.7. The molecule has 5 nitrogen and oxygen atoms in total. The van der Waals surface area contributed by atoms with Gasteiger partial charge in [0.1, 0.15) is 5.82 Å². The number of hydrogen-bond donors (Lipinski definition) is 0. The van der Waals surface area contributed by atoms with Crippen molar-refractivity contribution >= 4 is 38.9 Å². The number of ether oxygens (including phenoxy) is 1. The summed E-state index contributed by atoms with van der Waals surface area (Å²) in [4.78, 5) is 9.40. The summed E-state index contributed by atoms with van der Waals surface area (Å²) in [6, 6.07) is 57.1. The fourth-order valence-electron chi connectivity index (χ4n) is 8.59. The van der Waals surface area contributed by atoms with Gasteiger partial charge in [-0.05, 0) is 91.5 Å². The van der Waals surface area contributed by atoms with Gasteiger partial charge in [0.2, 0.25) is 0 Å². The van der Waals surface area contributed by atoms with Gasteiger partial charge in [-0.25, -0.2) is 4.98 Å². The molecule has 6 aromatic carbocycles. The van der Waals surface area contributed by atoms with E-state index < -0.39 is 0 Å².